The molecule has 5 aromatic rings. The Kier molecular flexibility index (Phi) is 6.45. The average molecular weight is 528 g/mol. The van der Waals surface area contributed by atoms with Crippen molar-refractivity contribution in [1.82, 2.24) is 9.97 Å². The van der Waals surface area contributed by atoms with E-state index < -0.39 is 11.7 Å². The van der Waals surface area contributed by atoms with Crippen molar-refractivity contribution >= 4 is 50.7 Å². The van der Waals surface area contributed by atoms with E-state index in [2.05, 4.69) is 25.5 Å². The molecule has 10 heteroatoms. The molecule has 0 atom stereocenters. The number of anilines is 4. The molecule has 198 valence electrons. The Balaban J connectivity index is 1.25. The normalized spacial score (nSPS) is 13.6. The second kappa shape index (κ2) is 10.2. The Morgan fingerprint density at radius 1 is 1.03 bits per heavy atom. The molecule has 1 saturated heterocycles. The molecule has 0 unspecified atom stereocenters. The molecule has 4 heterocycles. The summed E-state index contributed by atoms with van der Waals surface area (Å²) in [5.74, 6) is 0.828. The van der Waals surface area contributed by atoms with Gasteiger partial charge in [-0.2, -0.15) is 0 Å². The van der Waals surface area contributed by atoms with Gasteiger partial charge in [-0.25, -0.2) is 9.37 Å². The summed E-state index contributed by atoms with van der Waals surface area (Å²) in [4.78, 5) is 24.2. The summed E-state index contributed by atoms with van der Waals surface area (Å²) in [5.41, 5.74) is 2.41. The van der Waals surface area contributed by atoms with Crippen molar-refractivity contribution in [1.29, 1.82) is 0 Å². The number of morpholine rings is 1. The fourth-order valence-corrected chi connectivity index (χ4v) is 4.77. The van der Waals surface area contributed by atoms with Crippen molar-refractivity contribution in [2.24, 2.45) is 0 Å². The van der Waals surface area contributed by atoms with E-state index in [4.69, 9.17) is 13.9 Å². The molecule has 2 aromatic carbocycles. The van der Waals surface area contributed by atoms with Gasteiger partial charge in [-0.05, 0) is 49.4 Å². The van der Waals surface area contributed by atoms with Gasteiger partial charge in [-0.15, -0.1) is 0 Å². The average Bonchev–Trinajstić information content (AvgIpc) is 3.32. The summed E-state index contributed by atoms with van der Waals surface area (Å²) in [6.07, 6.45) is 3.25. The van der Waals surface area contributed by atoms with Crippen LogP contribution < -0.4 is 20.3 Å². The number of carbonyl (C=O) groups excluding carboxylic acids is 1. The Morgan fingerprint density at radius 3 is 2.62 bits per heavy atom. The summed E-state index contributed by atoms with van der Waals surface area (Å²) in [7, 11) is 1.59. The molecule has 6 rings (SSSR count). The number of amides is 1. The first-order valence-electron chi connectivity index (χ1n) is 12.5. The molecule has 0 aliphatic carbocycles. The second-order valence-electron chi connectivity index (χ2n) is 9.16. The van der Waals surface area contributed by atoms with E-state index in [1.54, 1.807) is 50.7 Å². The van der Waals surface area contributed by atoms with Gasteiger partial charge in [0.1, 0.15) is 17.3 Å². The summed E-state index contributed by atoms with van der Waals surface area (Å²) in [5, 5.41) is 7.18. The third kappa shape index (κ3) is 4.70. The van der Waals surface area contributed by atoms with Gasteiger partial charge in [-0.1, -0.05) is 0 Å². The molecule has 3 aromatic heterocycles. The van der Waals surface area contributed by atoms with E-state index in [1.165, 1.54) is 0 Å². The van der Waals surface area contributed by atoms with Gasteiger partial charge in [0.05, 0.1) is 49.0 Å². The van der Waals surface area contributed by atoms with Crippen LogP contribution in [0.1, 0.15) is 16.1 Å². The molecular formula is C29H26FN5O4. The number of rotatable bonds is 6. The number of hydrogen-bond donors (Lipinski definition) is 2. The van der Waals surface area contributed by atoms with Crippen LogP contribution in [0, 0.1) is 12.7 Å². The number of aryl methyl sites for hydroxylation is 1. The Labute approximate surface area is 223 Å². The van der Waals surface area contributed by atoms with Gasteiger partial charge in [0.2, 0.25) is 0 Å². The number of ether oxygens (including phenoxy) is 2. The summed E-state index contributed by atoms with van der Waals surface area (Å²) < 4.78 is 32.0. The molecule has 1 aliphatic rings. The van der Waals surface area contributed by atoms with Crippen LogP contribution >= 0.6 is 0 Å². The highest BCUT2D eigenvalue weighted by Crippen LogP contribution is 2.35. The second-order valence-corrected chi connectivity index (χ2v) is 9.16. The fraction of sp³-hybridized carbons (Fsp3) is 0.207. The predicted molar refractivity (Wildman–Crippen MR) is 148 cm³/mol. The zero-order chi connectivity index (χ0) is 26.9. The monoisotopic (exact) mass is 527 g/mol. The fourth-order valence-electron chi connectivity index (χ4n) is 4.77. The lowest BCUT2D eigenvalue weighted by atomic mass is 10.1. The van der Waals surface area contributed by atoms with Crippen LogP contribution in [0.4, 0.5) is 27.3 Å². The van der Waals surface area contributed by atoms with Gasteiger partial charge < -0.3 is 29.4 Å². The third-order valence-electron chi connectivity index (χ3n) is 6.76. The predicted octanol–water partition coefficient (Wildman–Crippen LogP) is 5.66. The first-order chi connectivity index (χ1) is 19.0. The van der Waals surface area contributed by atoms with E-state index >= 15 is 4.39 Å². The number of furan rings is 1. The molecule has 2 N–H and O–H groups in total. The highest BCUT2D eigenvalue weighted by atomic mass is 19.1. The number of fused-ring (bicyclic) bond motifs is 2. The van der Waals surface area contributed by atoms with E-state index in [0.717, 1.165) is 24.3 Å². The van der Waals surface area contributed by atoms with Crippen LogP contribution in [-0.4, -0.2) is 49.3 Å². The van der Waals surface area contributed by atoms with Crippen LogP contribution in [0.2, 0.25) is 0 Å². The number of methoxy groups -OCH3 is 1. The minimum absolute atomic E-state index is 0.00321. The lowest BCUT2D eigenvalue weighted by molar-refractivity contribution is 0.102. The number of nitrogens with zero attached hydrogens (tertiary/aromatic N) is 3. The van der Waals surface area contributed by atoms with Crippen molar-refractivity contribution in [2.75, 3.05) is 48.9 Å². The van der Waals surface area contributed by atoms with Gasteiger partial charge in [0.15, 0.2) is 11.4 Å². The Hall–Kier alpha value is -4.70. The van der Waals surface area contributed by atoms with Crippen molar-refractivity contribution in [2.45, 2.75) is 6.92 Å². The van der Waals surface area contributed by atoms with Gasteiger partial charge in [0.25, 0.3) is 5.91 Å². The molecule has 39 heavy (non-hydrogen) atoms. The van der Waals surface area contributed by atoms with E-state index in [1.807, 2.05) is 24.3 Å². The number of nitrogens with one attached hydrogen (secondary N) is 2. The quantitative estimate of drug-likeness (QED) is 0.292. The molecular weight excluding hydrogens is 501 g/mol. The standard InChI is InChI=1S/C29H26FN5O4/c1-17-26(29(36)33-18-3-8-25(32-16-18)35-11-13-38-14-12-35)21-6-7-23(27(30)28(21)39-17)34-22-9-10-31-24-15-19(37-2)4-5-20(22)24/h3-10,15-16H,11-14H2,1-2H3,(H,31,34)(H,33,36). The zero-order valence-corrected chi connectivity index (χ0v) is 21.5. The lowest BCUT2D eigenvalue weighted by Crippen LogP contribution is -2.36. The van der Waals surface area contributed by atoms with Crippen LogP contribution in [0.15, 0.2) is 65.3 Å². The Bertz CT molecular complexity index is 1680. The third-order valence-corrected chi connectivity index (χ3v) is 6.76. The molecule has 1 aliphatic heterocycles. The van der Waals surface area contributed by atoms with Crippen LogP contribution in [-0.2, 0) is 4.74 Å². The van der Waals surface area contributed by atoms with Crippen LogP contribution in [0.5, 0.6) is 5.75 Å². The highest BCUT2D eigenvalue weighted by Gasteiger charge is 2.23. The number of pyridine rings is 2. The summed E-state index contributed by atoms with van der Waals surface area (Å²) >= 11 is 0. The largest absolute Gasteiger partial charge is 0.497 e. The maximum Gasteiger partial charge on any atom is 0.259 e. The van der Waals surface area contributed by atoms with Crippen LogP contribution in [0.3, 0.4) is 0 Å². The minimum atomic E-state index is -0.593. The number of hydrogen-bond acceptors (Lipinski definition) is 8. The first kappa shape index (κ1) is 24.6. The summed E-state index contributed by atoms with van der Waals surface area (Å²) in [6.45, 7) is 4.51. The number of aromatic nitrogens is 2. The SMILES string of the molecule is COc1ccc2c(Nc3ccc4c(C(=O)Nc5ccc(N6CCOCC6)nc5)c(C)oc4c3F)ccnc2c1. The number of benzene rings is 2. The molecule has 1 fully saturated rings. The molecule has 0 saturated carbocycles. The molecule has 9 nitrogen and oxygen atoms in total. The maximum atomic E-state index is 15.6. The van der Waals surface area contributed by atoms with Crippen molar-refractivity contribution in [3.63, 3.8) is 0 Å². The van der Waals surface area contributed by atoms with Gasteiger partial charge in [-0.3, -0.25) is 9.78 Å². The van der Waals surface area contributed by atoms with Crippen molar-refractivity contribution in [3.8, 4) is 5.75 Å². The van der Waals surface area contributed by atoms with Crippen molar-refractivity contribution < 1.29 is 23.1 Å². The highest BCUT2D eigenvalue weighted by molar-refractivity contribution is 6.13. The minimum Gasteiger partial charge on any atom is -0.497 e. The number of halogens is 1. The topological polar surface area (TPSA) is 102 Å². The van der Waals surface area contributed by atoms with E-state index in [-0.39, 0.29) is 16.8 Å². The molecule has 1 amide bonds. The van der Waals surface area contributed by atoms with Crippen molar-refractivity contribution in [3.05, 3.63) is 78.1 Å². The van der Waals surface area contributed by atoms with E-state index in [0.29, 0.717) is 47.0 Å². The van der Waals surface area contributed by atoms with Crippen LogP contribution in [0.25, 0.3) is 21.9 Å². The zero-order valence-electron chi connectivity index (χ0n) is 21.5. The maximum absolute atomic E-state index is 15.6. The van der Waals surface area contributed by atoms with Gasteiger partial charge in [0, 0.05) is 41.8 Å². The number of carbonyl (C=O) groups is 1. The lowest BCUT2D eigenvalue weighted by Gasteiger charge is -2.27. The smallest absolute Gasteiger partial charge is 0.259 e. The Morgan fingerprint density at radius 2 is 1.85 bits per heavy atom. The molecule has 0 bridgehead atoms. The van der Waals surface area contributed by atoms with Gasteiger partial charge >= 0.3 is 0 Å². The summed E-state index contributed by atoms with van der Waals surface area (Å²) in [6, 6.07) is 14.2. The first-order valence-corrected chi connectivity index (χ1v) is 12.5. The molecule has 0 spiro atoms. The van der Waals surface area contributed by atoms with E-state index in [9.17, 15) is 4.79 Å². The molecule has 0 radical (unpaired) electrons.